The van der Waals surface area contributed by atoms with Crippen LogP contribution in [0.3, 0.4) is 0 Å². The lowest BCUT2D eigenvalue weighted by molar-refractivity contribution is -0.152. The quantitative estimate of drug-likeness (QED) is 0.734. The van der Waals surface area contributed by atoms with Gasteiger partial charge in [0.25, 0.3) is 0 Å². The van der Waals surface area contributed by atoms with Crippen molar-refractivity contribution in [2.24, 2.45) is 5.41 Å². The monoisotopic (exact) mass is 222 g/mol. The van der Waals surface area contributed by atoms with E-state index in [4.69, 9.17) is 9.47 Å². The maximum absolute atomic E-state index is 11.4. The smallest absolute Gasteiger partial charge is 0.314 e. The Bertz CT molecular complexity index is 352. The van der Waals surface area contributed by atoms with Crippen LogP contribution in [0.2, 0.25) is 0 Å². The Morgan fingerprint density at radius 2 is 1.81 bits per heavy atom. The highest BCUT2D eigenvalue weighted by atomic mass is 16.5. The summed E-state index contributed by atoms with van der Waals surface area (Å²) in [6.07, 6.45) is 0. The molecule has 0 aliphatic heterocycles. The van der Waals surface area contributed by atoms with E-state index in [-0.39, 0.29) is 5.97 Å². The van der Waals surface area contributed by atoms with Gasteiger partial charge in [0.1, 0.15) is 12.4 Å². The van der Waals surface area contributed by atoms with Crippen LogP contribution >= 0.6 is 0 Å². The van der Waals surface area contributed by atoms with Gasteiger partial charge in [0.05, 0.1) is 12.5 Å². The summed E-state index contributed by atoms with van der Waals surface area (Å²) in [5, 5.41) is 0. The third-order valence-corrected chi connectivity index (χ3v) is 2.36. The van der Waals surface area contributed by atoms with Gasteiger partial charge in [-0.2, -0.15) is 0 Å². The zero-order valence-electron chi connectivity index (χ0n) is 10.2. The molecule has 3 heteroatoms. The lowest BCUT2D eigenvalue weighted by Gasteiger charge is -2.21. The van der Waals surface area contributed by atoms with E-state index in [0.717, 1.165) is 5.75 Å². The zero-order chi connectivity index (χ0) is 12.2. The molecule has 0 aliphatic carbocycles. The average Bonchev–Trinajstić information content (AvgIpc) is 2.27. The highest BCUT2D eigenvalue weighted by molar-refractivity contribution is 5.75. The second-order valence-corrected chi connectivity index (χ2v) is 4.48. The molecule has 88 valence electrons. The summed E-state index contributed by atoms with van der Waals surface area (Å²) < 4.78 is 10.3. The van der Waals surface area contributed by atoms with Gasteiger partial charge in [-0.3, -0.25) is 4.79 Å². The molecule has 0 heterocycles. The van der Waals surface area contributed by atoms with Crippen LogP contribution in [-0.4, -0.2) is 19.7 Å². The topological polar surface area (TPSA) is 35.5 Å². The first-order valence-corrected chi connectivity index (χ1v) is 5.23. The van der Waals surface area contributed by atoms with Gasteiger partial charge in [0.2, 0.25) is 0 Å². The molecule has 0 amide bonds. The largest absolute Gasteiger partial charge is 0.492 e. The van der Waals surface area contributed by atoms with Crippen molar-refractivity contribution in [1.82, 2.24) is 0 Å². The van der Waals surface area contributed by atoms with Crippen LogP contribution in [0.1, 0.15) is 19.4 Å². The third-order valence-electron chi connectivity index (χ3n) is 2.36. The van der Waals surface area contributed by atoms with Gasteiger partial charge in [-0.15, -0.1) is 0 Å². The standard InChI is InChI=1S/C13H18O3/c1-10-5-7-11(8-6-10)16-9-13(2,3)12(14)15-4/h5-8H,9H2,1-4H3. The number of aryl methyl sites for hydroxylation is 1. The predicted molar refractivity (Wildman–Crippen MR) is 62.5 cm³/mol. The molecule has 0 aromatic heterocycles. The Morgan fingerprint density at radius 1 is 1.25 bits per heavy atom. The molecule has 0 bridgehead atoms. The van der Waals surface area contributed by atoms with E-state index in [1.54, 1.807) is 13.8 Å². The Morgan fingerprint density at radius 3 is 2.31 bits per heavy atom. The van der Waals surface area contributed by atoms with Gasteiger partial charge in [-0.25, -0.2) is 0 Å². The van der Waals surface area contributed by atoms with Crippen molar-refractivity contribution in [2.45, 2.75) is 20.8 Å². The SMILES string of the molecule is COC(=O)C(C)(C)COc1ccc(C)cc1. The van der Waals surface area contributed by atoms with Crippen LogP contribution in [0.15, 0.2) is 24.3 Å². The van der Waals surface area contributed by atoms with E-state index >= 15 is 0 Å². The minimum Gasteiger partial charge on any atom is -0.492 e. The third kappa shape index (κ3) is 3.26. The number of hydrogen-bond donors (Lipinski definition) is 0. The molecule has 0 saturated carbocycles. The van der Waals surface area contributed by atoms with Crippen LogP contribution < -0.4 is 4.74 Å². The molecule has 1 aromatic rings. The molecule has 0 saturated heterocycles. The summed E-state index contributed by atoms with van der Waals surface area (Å²) in [6, 6.07) is 7.73. The first kappa shape index (κ1) is 12.6. The van der Waals surface area contributed by atoms with E-state index in [2.05, 4.69) is 0 Å². The molecule has 0 fully saturated rings. The molecule has 1 rings (SSSR count). The second kappa shape index (κ2) is 5.01. The van der Waals surface area contributed by atoms with E-state index in [9.17, 15) is 4.79 Å². The van der Waals surface area contributed by atoms with Crippen molar-refractivity contribution in [1.29, 1.82) is 0 Å². The molecule has 0 atom stereocenters. The first-order valence-electron chi connectivity index (χ1n) is 5.23. The maximum Gasteiger partial charge on any atom is 0.314 e. The predicted octanol–water partition coefficient (Wildman–Crippen LogP) is 2.57. The van der Waals surface area contributed by atoms with E-state index < -0.39 is 5.41 Å². The lowest BCUT2D eigenvalue weighted by atomic mass is 9.95. The van der Waals surface area contributed by atoms with Crippen molar-refractivity contribution in [3.63, 3.8) is 0 Å². The fourth-order valence-electron chi connectivity index (χ4n) is 1.23. The van der Waals surface area contributed by atoms with E-state index in [1.807, 2.05) is 31.2 Å². The molecule has 0 unspecified atom stereocenters. The van der Waals surface area contributed by atoms with Crippen LogP contribution in [0.25, 0.3) is 0 Å². The van der Waals surface area contributed by atoms with Crippen molar-refractivity contribution in [2.75, 3.05) is 13.7 Å². The van der Waals surface area contributed by atoms with Crippen molar-refractivity contribution >= 4 is 5.97 Å². The normalized spacial score (nSPS) is 11.0. The average molecular weight is 222 g/mol. The minimum absolute atomic E-state index is 0.264. The van der Waals surface area contributed by atoms with Gasteiger partial charge in [-0.05, 0) is 32.9 Å². The zero-order valence-corrected chi connectivity index (χ0v) is 10.2. The van der Waals surface area contributed by atoms with Crippen LogP contribution in [0.5, 0.6) is 5.75 Å². The van der Waals surface area contributed by atoms with Gasteiger partial charge < -0.3 is 9.47 Å². The molecule has 0 spiro atoms. The number of carbonyl (C=O) groups is 1. The maximum atomic E-state index is 11.4. The molecular formula is C13H18O3. The number of methoxy groups -OCH3 is 1. The van der Waals surface area contributed by atoms with Crippen molar-refractivity contribution in [3.8, 4) is 5.75 Å². The summed E-state index contributed by atoms with van der Waals surface area (Å²) in [4.78, 5) is 11.4. The van der Waals surface area contributed by atoms with Gasteiger partial charge in [0, 0.05) is 0 Å². The fourth-order valence-corrected chi connectivity index (χ4v) is 1.23. The lowest BCUT2D eigenvalue weighted by Crippen LogP contribution is -2.32. The van der Waals surface area contributed by atoms with Gasteiger partial charge >= 0.3 is 5.97 Å². The molecule has 0 radical (unpaired) electrons. The Labute approximate surface area is 96.4 Å². The van der Waals surface area contributed by atoms with Crippen LogP contribution in [0.4, 0.5) is 0 Å². The number of esters is 1. The highest BCUT2D eigenvalue weighted by Gasteiger charge is 2.29. The Hall–Kier alpha value is -1.51. The van der Waals surface area contributed by atoms with Crippen LogP contribution in [-0.2, 0) is 9.53 Å². The number of carbonyl (C=O) groups excluding carboxylic acids is 1. The minimum atomic E-state index is -0.625. The van der Waals surface area contributed by atoms with E-state index in [1.165, 1.54) is 12.7 Å². The molecule has 0 aliphatic rings. The molecule has 0 N–H and O–H groups in total. The molecular weight excluding hydrogens is 204 g/mol. The van der Waals surface area contributed by atoms with Crippen molar-refractivity contribution in [3.05, 3.63) is 29.8 Å². The number of benzene rings is 1. The second-order valence-electron chi connectivity index (χ2n) is 4.48. The Kier molecular flexibility index (Phi) is 3.93. The molecule has 3 nitrogen and oxygen atoms in total. The van der Waals surface area contributed by atoms with Gasteiger partial charge in [0.15, 0.2) is 0 Å². The fraction of sp³-hybridized carbons (Fsp3) is 0.462. The summed E-state index contributed by atoms with van der Waals surface area (Å²) >= 11 is 0. The highest BCUT2D eigenvalue weighted by Crippen LogP contribution is 2.20. The number of ether oxygens (including phenoxy) is 2. The number of rotatable bonds is 4. The molecule has 1 aromatic carbocycles. The van der Waals surface area contributed by atoms with Crippen LogP contribution in [0, 0.1) is 12.3 Å². The summed E-state index contributed by atoms with van der Waals surface area (Å²) in [5.41, 5.74) is 0.555. The van der Waals surface area contributed by atoms with Crippen molar-refractivity contribution < 1.29 is 14.3 Å². The summed E-state index contributed by atoms with van der Waals surface area (Å²) in [7, 11) is 1.38. The van der Waals surface area contributed by atoms with E-state index in [0.29, 0.717) is 6.61 Å². The Balaban J connectivity index is 2.57. The molecule has 16 heavy (non-hydrogen) atoms. The first-order chi connectivity index (χ1) is 7.45. The number of hydrogen-bond acceptors (Lipinski definition) is 3. The summed E-state index contributed by atoms with van der Waals surface area (Å²) in [6.45, 7) is 5.92. The van der Waals surface area contributed by atoms with Gasteiger partial charge in [-0.1, -0.05) is 17.7 Å². The summed E-state index contributed by atoms with van der Waals surface area (Å²) in [5.74, 6) is 0.502.